The molecule has 1 unspecified atom stereocenters. The first kappa shape index (κ1) is 14.2. The topological polar surface area (TPSA) is 94.0 Å². The molecule has 0 spiro atoms. The molecule has 106 valence electrons. The Balaban J connectivity index is 1.66. The number of nitrogens with one attached hydrogen (secondary N) is 1. The summed E-state index contributed by atoms with van der Waals surface area (Å²) in [4.78, 5) is 15.7. The molecule has 6 heteroatoms. The maximum atomic E-state index is 11.8. The second-order valence-corrected chi connectivity index (χ2v) is 4.52. The van der Waals surface area contributed by atoms with Gasteiger partial charge in [0.05, 0.1) is 6.04 Å². The van der Waals surface area contributed by atoms with Gasteiger partial charge in [0.1, 0.15) is 0 Å². The fraction of sp³-hybridized carbons (Fsp3) is 0.357. The minimum absolute atomic E-state index is 0.149. The third-order valence-corrected chi connectivity index (χ3v) is 2.98. The molecule has 2 rings (SSSR count). The van der Waals surface area contributed by atoms with Crippen LogP contribution in [0.15, 0.2) is 41.2 Å². The van der Waals surface area contributed by atoms with Crippen LogP contribution in [0, 0.1) is 0 Å². The molecule has 1 heterocycles. The molecule has 0 bridgehead atoms. The molecular formula is C14H18N4O2. The summed E-state index contributed by atoms with van der Waals surface area (Å²) in [6.45, 7) is 0.456. The van der Waals surface area contributed by atoms with Gasteiger partial charge in [0.2, 0.25) is 12.3 Å². The van der Waals surface area contributed by atoms with Crippen molar-refractivity contribution in [2.45, 2.75) is 25.3 Å². The van der Waals surface area contributed by atoms with Crippen LogP contribution in [-0.2, 0) is 17.6 Å². The molecule has 0 saturated carbocycles. The minimum Gasteiger partial charge on any atom is -0.354 e. The van der Waals surface area contributed by atoms with E-state index in [-0.39, 0.29) is 5.91 Å². The Morgan fingerprint density at radius 2 is 2.10 bits per heavy atom. The van der Waals surface area contributed by atoms with Crippen LogP contribution >= 0.6 is 0 Å². The normalized spacial score (nSPS) is 12.1. The molecule has 20 heavy (non-hydrogen) atoms. The summed E-state index contributed by atoms with van der Waals surface area (Å²) in [6.07, 6.45) is 3.22. The quantitative estimate of drug-likeness (QED) is 0.774. The Bertz CT molecular complexity index is 513. The van der Waals surface area contributed by atoms with Gasteiger partial charge in [-0.3, -0.25) is 4.79 Å². The molecule has 0 aliphatic rings. The van der Waals surface area contributed by atoms with Gasteiger partial charge in [0.15, 0.2) is 5.82 Å². The minimum atomic E-state index is -0.500. The zero-order valence-electron chi connectivity index (χ0n) is 11.2. The molecule has 0 aliphatic heterocycles. The average Bonchev–Trinajstić information content (AvgIpc) is 2.99. The standard InChI is InChI=1S/C14H18N4O2/c15-12(7-6-11-4-2-1-3-5-11)14(19)16-9-8-13-17-10-20-18-13/h1-5,10,12H,6-9,15H2,(H,16,19). The van der Waals surface area contributed by atoms with Gasteiger partial charge < -0.3 is 15.6 Å². The summed E-state index contributed by atoms with van der Waals surface area (Å²) in [6, 6.07) is 9.48. The van der Waals surface area contributed by atoms with Gasteiger partial charge in [0, 0.05) is 13.0 Å². The van der Waals surface area contributed by atoms with Crippen LogP contribution in [0.1, 0.15) is 17.8 Å². The highest BCUT2D eigenvalue weighted by Gasteiger charge is 2.13. The number of nitrogens with zero attached hydrogens (tertiary/aromatic N) is 2. The number of amides is 1. The Morgan fingerprint density at radius 3 is 2.80 bits per heavy atom. The van der Waals surface area contributed by atoms with Crippen molar-refractivity contribution in [1.29, 1.82) is 0 Å². The molecule has 0 radical (unpaired) electrons. The van der Waals surface area contributed by atoms with Gasteiger partial charge in [-0.2, -0.15) is 4.98 Å². The molecular weight excluding hydrogens is 256 g/mol. The molecule has 0 fully saturated rings. The predicted octanol–water partition coefficient (Wildman–Crippen LogP) is 0.688. The number of carbonyl (C=O) groups is 1. The summed E-state index contributed by atoms with van der Waals surface area (Å²) in [7, 11) is 0. The largest absolute Gasteiger partial charge is 0.354 e. The van der Waals surface area contributed by atoms with Crippen LogP contribution < -0.4 is 11.1 Å². The molecule has 6 nitrogen and oxygen atoms in total. The molecule has 2 aromatic rings. The summed E-state index contributed by atoms with van der Waals surface area (Å²) < 4.78 is 4.61. The van der Waals surface area contributed by atoms with Gasteiger partial charge in [-0.25, -0.2) is 0 Å². The highest BCUT2D eigenvalue weighted by atomic mass is 16.5. The highest BCUT2D eigenvalue weighted by molar-refractivity contribution is 5.81. The number of hydrogen-bond acceptors (Lipinski definition) is 5. The maximum absolute atomic E-state index is 11.8. The van der Waals surface area contributed by atoms with E-state index in [2.05, 4.69) is 20.0 Å². The van der Waals surface area contributed by atoms with E-state index in [4.69, 9.17) is 5.73 Å². The van der Waals surface area contributed by atoms with E-state index in [1.807, 2.05) is 30.3 Å². The van der Waals surface area contributed by atoms with Gasteiger partial charge in [-0.05, 0) is 18.4 Å². The van der Waals surface area contributed by atoms with Crippen molar-refractivity contribution in [3.8, 4) is 0 Å². The summed E-state index contributed by atoms with van der Waals surface area (Å²) in [5, 5.41) is 6.44. The van der Waals surface area contributed by atoms with E-state index in [0.717, 1.165) is 6.42 Å². The van der Waals surface area contributed by atoms with Gasteiger partial charge in [-0.1, -0.05) is 35.5 Å². The number of carbonyl (C=O) groups excluding carboxylic acids is 1. The molecule has 0 aliphatic carbocycles. The monoisotopic (exact) mass is 274 g/mol. The lowest BCUT2D eigenvalue weighted by Gasteiger charge is -2.11. The van der Waals surface area contributed by atoms with Crippen molar-refractivity contribution in [1.82, 2.24) is 15.5 Å². The van der Waals surface area contributed by atoms with Crippen molar-refractivity contribution in [3.05, 3.63) is 48.1 Å². The fourth-order valence-electron chi connectivity index (χ4n) is 1.83. The van der Waals surface area contributed by atoms with Gasteiger partial charge in [-0.15, -0.1) is 0 Å². The van der Waals surface area contributed by atoms with Crippen LogP contribution in [0.5, 0.6) is 0 Å². The first-order valence-electron chi connectivity index (χ1n) is 6.58. The van der Waals surface area contributed by atoms with Gasteiger partial charge >= 0.3 is 0 Å². The molecule has 0 saturated heterocycles. The van der Waals surface area contributed by atoms with Gasteiger partial charge in [0.25, 0.3) is 0 Å². The van der Waals surface area contributed by atoms with Crippen molar-refractivity contribution >= 4 is 5.91 Å². The lowest BCUT2D eigenvalue weighted by Crippen LogP contribution is -2.41. The Hall–Kier alpha value is -2.21. The van der Waals surface area contributed by atoms with Crippen LogP contribution in [-0.4, -0.2) is 28.6 Å². The predicted molar refractivity (Wildman–Crippen MR) is 73.8 cm³/mol. The second kappa shape index (κ2) is 7.40. The Kier molecular flexibility index (Phi) is 5.25. The van der Waals surface area contributed by atoms with Crippen LogP contribution in [0.25, 0.3) is 0 Å². The van der Waals surface area contributed by atoms with E-state index in [0.29, 0.717) is 25.2 Å². The Morgan fingerprint density at radius 1 is 1.30 bits per heavy atom. The van der Waals surface area contributed by atoms with E-state index >= 15 is 0 Å². The molecule has 1 aromatic carbocycles. The number of aromatic nitrogens is 2. The third-order valence-electron chi connectivity index (χ3n) is 2.98. The second-order valence-electron chi connectivity index (χ2n) is 4.52. The zero-order valence-corrected chi connectivity index (χ0v) is 11.2. The Labute approximate surface area is 117 Å². The van der Waals surface area contributed by atoms with E-state index in [1.54, 1.807) is 0 Å². The first-order valence-corrected chi connectivity index (χ1v) is 6.58. The zero-order chi connectivity index (χ0) is 14.2. The summed E-state index contributed by atoms with van der Waals surface area (Å²) in [5.74, 6) is 0.424. The first-order chi connectivity index (χ1) is 9.75. The number of nitrogens with two attached hydrogens (primary N) is 1. The fourth-order valence-corrected chi connectivity index (χ4v) is 1.83. The highest BCUT2D eigenvalue weighted by Crippen LogP contribution is 2.04. The van der Waals surface area contributed by atoms with E-state index < -0.39 is 6.04 Å². The molecule has 1 atom stereocenters. The van der Waals surface area contributed by atoms with Crippen molar-refractivity contribution in [3.63, 3.8) is 0 Å². The number of benzene rings is 1. The number of rotatable bonds is 7. The lowest BCUT2D eigenvalue weighted by molar-refractivity contribution is -0.122. The van der Waals surface area contributed by atoms with E-state index in [1.165, 1.54) is 12.0 Å². The lowest BCUT2D eigenvalue weighted by atomic mass is 10.1. The number of aryl methyl sites for hydroxylation is 1. The van der Waals surface area contributed by atoms with Crippen LogP contribution in [0.4, 0.5) is 0 Å². The summed E-state index contributed by atoms with van der Waals surface area (Å²) in [5.41, 5.74) is 7.05. The van der Waals surface area contributed by atoms with Crippen molar-refractivity contribution in [2.75, 3.05) is 6.54 Å². The van der Waals surface area contributed by atoms with Crippen LogP contribution in [0.2, 0.25) is 0 Å². The summed E-state index contributed by atoms with van der Waals surface area (Å²) >= 11 is 0. The average molecular weight is 274 g/mol. The van der Waals surface area contributed by atoms with Crippen LogP contribution in [0.3, 0.4) is 0 Å². The van der Waals surface area contributed by atoms with Crippen molar-refractivity contribution in [2.24, 2.45) is 5.73 Å². The SMILES string of the molecule is NC(CCc1ccccc1)C(=O)NCCc1ncon1. The molecule has 3 N–H and O–H groups in total. The third kappa shape index (κ3) is 4.47. The van der Waals surface area contributed by atoms with E-state index in [9.17, 15) is 4.79 Å². The molecule has 1 aromatic heterocycles. The molecule has 1 amide bonds. The van der Waals surface area contributed by atoms with Crippen molar-refractivity contribution < 1.29 is 9.32 Å². The number of hydrogen-bond donors (Lipinski definition) is 2. The maximum Gasteiger partial charge on any atom is 0.236 e. The smallest absolute Gasteiger partial charge is 0.236 e.